The van der Waals surface area contributed by atoms with E-state index in [1.165, 1.54) is 11.3 Å². The summed E-state index contributed by atoms with van der Waals surface area (Å²) in [7, 11) is 0. The zero-order valence-electron chi connectivity index (χ0n) is 9.40. The quantitative estimate of drug-likeness (QED) is 0.670. The van der Waals surface area contributed by atoms with Crippen LogP contribution in [0.5, 0.6) is 0 Å². The molecule has 1 unspecified atom stereocenters. The number of carbonyl (C=O) groups is 1. The molecule has 1 rings (SSSR count). The Hall–Kier alpha value is -0.910. The van der Waals surface area contributed by atoms with Crippen molar-refractivity contribution >= 4 is 17.2 Å². The van der Waals surface area contributed by atoms with Crippen LogP contribution in [0.25, 0.3) is 0 Å². The van der Waals surface area contributed by atoms with Gasteiger partial charge in [-0.1, -0.05) is 6.92 Å². The molecule has 90 valence electrons. The minimum Gasteiger partial charge on any atom is -0.396 e. The van der Waals surface area contributed by atoms with Gasteiger partial charge in [0.15, 0.2) is 0 Å². The van der Waals surface area contributed by atoms with Gasteiger partial charge < -0.3 is 16.2 Å². The molecule has 0 spiro atoms. The van der Waals surface area contributed by atoms with Gasteiger partial charge in [-0.05, 0) is 18.9 Å². The van der Waals surface area contributed by atoms with Gasteiger partial charge in [-0.15, -0.1) is 11.3 Å². The number of primary amides is 1. The molecule has 5 heteroatoms. The van der Waals surface area contributed by atoms with E-state index in [1.807, 2.05) is 6.07 Å². The Balaban J connectivity index is 2.44. The zero-order chi connectivity index (χ0) is 12.0. The van der Waals surface area contributed by atoms with Gasteiger partial charge in [0.25, 0.3) is 0 Å². The summed E-state index contributed by atoms with van der Waals surface area (Å²) in [6.45, 7) is 3.00. The number of nitrogens with one attached hydrogen (secondary N) is 1. The second-order valence-corrected chi connectivity index (χ2v) is 4.66. The third kappa shape index (κ3) is 3.92. The van der Waals surface area contributed by atoms with Crippen LogP contribution in [0, 0.1) is 0 Å². The van der Waals surface area contributed by atoms with Crippen molar-refractivity contribution in [3.05, 3.63) is 21.9 Å². The molecule has 0 aromatic carbocycles. The summed E-state index contributed by atoms with van der Waals surface area (Å²) < 4.78 is 0. The maximum Gasteiger partial charge on any atom is 0.249 e. The van der Waals surface area contributed by atoms with Gasteiger partial charge in [-0.25, -0.2) is 0 Å². The minimum atomic E-state index is -0.384. The second-order valence-electron chi connectivity index (χ2n) is 3.66. The first-order chi connectivity index (χ1) is 7.67. The predicted molar refractivity (Wildman–Crippen MR) is 65.5 cm³/mol. The van der Waals surface area contributed by atoms with E-state index in [0.717, 1.165) is 24.3 Å². The van der Waals surface area contributed by atoms with Gasteiger partial charge in [0.1, 0.15) is 0 Å². The van der Waals surface area contributed by atoms with E-state index in [2.05, 4.69) is 12.2 Å². The van der Waals surface area contributed by atoms with E-state index in [9.17, 15) is 4.79 Å². The van der Waals surface area contributed by atoms with E-state index >= 15 is 0 Å². The standard InChI is InChI=1S/C11H18N2O2S/c1-2-9(3-4-14)13-6-10-5-8(7-16-10)11(12)15/h5,7,9,13-14H,2-4,6H2,1H3,(H2,12,15). The average molecular weight is 242 g/mol. The van der Waals surface area contributed by atoms with Crippen molar-refractivity contribution in [1.82, 2.24) is 5.32 Å². The van der Waals surface area contributed by atoms with Crippen molar-refractivity contribution in [2.24, 2.45) is 5.73 Å². The van der Waals surface area contributed by atoms with Crippen molar-refractivity contribution in [2.45, 2.75) is 32.4 Å². The first-order valence-corrected chi connectivity index (χ1v) is 6.26. The number of hydrogen-bond donors (Lipinski definition) is 3. The normalized spacial score (nSPS) is 12.6. The van der Waals surface area contributed by atoms with Gasteiger partial charge >= 0.3 is 0 Å². The molecule has 1 amide bonds. The Labute approximate surface area is 99.5 Å². The summed E-state index contributed by atoms with van der Waals surface area (Å²) >= 11 is 1.52. The molecule has 0 fully saturated rings. The van der Waals surface area contributed by atoms with Crippen LogP contribution in [0.3, 0.4) is 0 Å². The smallest absolute Gasteiger partial charge is 0.249 e. The van der Waals surface area contributed by atoms with E-state index in [1.54, 1.807) is 5.38 Å². The minimum absolute atomic E-state index is 0.197. The molecule has 4 N–H and O–H groups in total. The summed E-state index contributed by atoms with van der Waals surface area (Å²) in [6, 6.07) is 2.13. The average Bonchev–Trinajstić information content (AvgIpc) is 2.73. The monoisotopic (exact) mass is 242 g/mol. The van der Waals surface area contributed by atoms with Gasteiger partial charge in [0, 0.05) is 29.5 Å². The molecule has 4 nitrogen and oxygen atoms in total. The number of aliphatic hydroxyl groups excluding tert-OH is 1. The fourth-order valence-corrected chi connectivity index (χ4v) is 2.28. The summed E-state index contributed by atoms with van der Waals surface area (Å²) in [5.41, 5.74) is 5.74. The number of hydrogen-bond acceptors (Lipinski definition) is 4. The molecule has 1 atom stereocenters. The Bertz CT molecular complexity index is 338. The fourth-order valence-electron chi connectivity index (χ4n) is 1.45. The Morgan fingerprint density at radius 1 is 1.69 bits per heavy atom. The van der Waals surface area contributed by atoms with Gasteiger partial charge in [0.2, 0.25) is 5.91 Å². The largest absolute Gasteiger partial charge is 0.396 e. The van der Waals surface area contributed by atoms with Crippen LogP contribution in [0.15, 0.2) is 11.4 Å². The Morgan fingerprint density at radius 2 is 2.44 bits per heavy atom. The van der Waals surface area contributed by atoms with Crippen LogP contribution in [0.4, 0.5) is 0 Å². The molecular formula is C11H18N2O2S. The number of aliphatic hydroxyl groups is 1. The lowest BCUT2D eigenvalue weighted by molar-refractivity contribution is 0.100. The van der Waals surface area contributed by atoms with Crippen molar-refractivity contribution < 1.29 is 9.90 Å². The summed E-state index contributed by atoms with van der Waals surface area (Å²) in [4.78, 5) is 12.0. The van der Waals surface area contributed by atoms with Gasteiger partial charge in [-0.3, -0.25) is 4.79 Å². The highest BCUT2D eigenvalue weighted by molar-refractivity contribution is 7.10. The predicted octanol–water partition coefficient (Wildman–Crippen LogP) is 1.10. The van der Waals surface area contributed by atoms with Gasteiger partial charge in [-0.2, -0.15) is 0 Å². The molecule has 0 aliphatic carbocycles. The lowest BCUT2D eigenvalue weighted by Gasteiger charge is -2.14. The molecule has 1 aromatic rings. The van der Waals surface area contributed by atoms with E-state index in [-0.39, 0.29) is 12.5 Å². The zero-order valence-corrected chi connectivity index (χ0v) is 10.2. The third-order valence-electron chi connectivity index (χ3n) is 2.47. The summed E-state index contributed by atoms with van der Waals surface area (Å²) in [5.74, 6) is -0.384. The van der Waals surface area contributed by atoms with Crippen LogP contribution >= 0.6 is 11.3 Å². The fraction of sp³-hybridized carbons (Fsp3) is 0.545. The highest BCUT2D eigenvalue weighted by Crippen LogP contribution is 2.14. The molecular weight excluding hydrogens is 224 g/mol. The number of thiophene rings is 1. The number of amides is 1. The number of nitrogens with two attached hydrogens (primary N) is 1. The topological polar surface area (TPSA) is 75.3 Å². The molecule has 0 aliphatic heterocycles. The molecule has 0 radical (unpaired) electrons. The summed E-state index contributed by atoms with van der Waals surface area (Å²) in [5, 5.41) is 14.0. The SMILES string of the molecule is CCC(CCO)NCc1cc(C(N)=O)cs1. The summed E-state index contributed by atoms with van der Waals surface area (Å²) in [6.07, 6.45) is 1.74. The lowest BCUT2D eigenvalue weighted by Crippen LogP contribution is -2.28. The number of carbonyl (C=O) groups excluding carboxylic acids is 1. The molecule has 0 bridgehead atoms. The van der Waals surface area contributed by atoms with E-state index in [0.29, 0.717) is 11.6 Å². The molecule has 16 heavy (non-hydrogen) atoms. The van der Waals surface area contributed by atoms with Crippen molar-refractivity contribution in [3.63, 3.8) is 0 Å². The third-order valence-corrected chi connectivity index (χ3v) is 3.41. The molecule has 0 saturated carbocycles. The Kier molecular flexibility index (Phi) is 5.45. The van der Waals surface area contributed by atoms with Crippen molar-refractivity contribution in [2.75, 3.05) is 6.61 Å². The van der Waals surface area contributed by atoms with E-state index < -0.39 is 0 Å². The van der Waals surface area contributed by atoms with Crippen molar-refractivity contribution in [1.29, 1.82) is 0 Å². The van der Waals surface area contributed by atoms with Crippen LogP contribution in [0.1, 0.15) is 35.0 Å². The highest BCUT2D eigenvalue weighted by atomic mass is 32.1. The first kappa shape index (κ1) is 13.2. The molecule has 0 aliphatic rings. The maximum absolute atomic E-state index is 10.9. The number of rotatable bonds is 7. The maximum atomic E-state index is 10.9. The highest BCUT2D eigenvalue weighted by Gasteiger charge is 2.07. The van der Waals surface area contributed by atoms with Crippen LogP contribution in [-0.4, -0.2) is 23.7 Å². The Morgan fingerprint density at radius 3 is 2.94 bits per heavy atom. The second kappa shape index (κ2) is 6.62. The molecule has 0 saturated heterocycles. The molecule has 1 heterocycles. The van der Waals surface area contributed by atoms with Crippen molar-refractivity contribution in [3.8, 4) is 0 Å². The van der Waals surface area contributed by atoms with Gasteiger partial charge in [0.05, 0.1) is 5.56 Å². The van der Waals surface area contributed by atoms with Crippen LogP contribution in [0.2, 0.25) is 0 Å². The lowest BCUT2D eigenvalue weighted by atomic mass is 10.1. The van der Waals surface area contributed by atoms with E-state index in [4.69, 9.17) is 10.8 Å². The molecule has 1 aromatic heterocycles. The van der Waals surface area contributed by atoms with Crippen LogP contribution in [-0.2, 0) is 6.54 Å². The first-order valence-electron chi connectivity index (χ1n) is 5.38. The van der Waals surface area contributed by atoms with Crippen LogP contribution < -0.4 is 11.1 Å².